The Morgan fingerprint density at radius 3 is 2.77 bits per heavy atom. The van der Waals surface area contributed by atoms with E-state index in [1.165, 1.54) is 0 Å². The monoisotopic (exact) mass is 194 g/mol. The van der Waals surface area contributed by atoms with Gasteiger partial charge in [0.05, 0.1) is 16.3 Å². The molecule has 0 spiro atoms. The summed E-state index contributed by atoms with van der Waals surface area (Å²) in [7, 11) is 0. The van der Waals surface area contributed by atoms with E-state index in [0.717, 1.165) is 12.1 Å². The molecule has 0 unspecified atom stereocenters. The Morgan fingerprint density at radius 1 is 1.46 bits per heavy atom. The van der Waals surface area contributed by atoms with Gasteiger partial charge in [0.1, 0.15) is 5.82 Å². The maximum atomic E-state index is 12.7. The number of rotatable bonds is 0. The van der Waals surface area contributed by atoms with E-state index in [1.54, 1.807) is 6.07 Å². The molecular formula is C9H4ClFN2. The number of nitriles is 1. The van der Waals surface area contributed by atoms with Crippen molar-refractivity contribution in [3.63, 3.8) is 0 Å². The Hall–Kier alpha value is -1.71. The minimum Gasteiger partial charge on any atom is -0.397 e. The maximum Gasteiger partial charge on any atom is 0.152 e. The number of nitrogens with two attached hydrogens (primary N) is 1. The molecule has 0 amide bonds. The minimum absolute atomic E-state index is 0.0993. The molecule has 13 heavy (non-hydrogen) atoms. The summed E-state index contributed by atoms with van der Waals surface area (Å²) in [5.41, 5.74) is 5.90. The highest BCUT2D eigenvalue weighted by Crippen LogP contribution is 2.23. The van der Waals surface area contributed by atoms with Gasteiger partial charge in [0.25, 0.3) is 0 Å². The van der Waals surface area contributed by atoms with Crippen LogP contribution >= 0.6 is 11.6 Å². The molecule has 0 fully saturated rings. The first kappa shape index (κ1) is 9.38. The fourth-order valence-electron chi connectivity index (χ4n) is 0.783. The summed E-state index contributed by atoms with van der Waals surface area (Å²) >= 11 is 5.58. The smallest absolute Gasteiger partial charge is 0.152 e. The van der Waals surface area contributed by atoms with Crippen LogP contribution in [0, 0.1) is 29.0 Å². The highest BCUT2D eigenvalue weighted by molar-refractivity contribution is 6.33. The van der Waals surface area contributed by atoms with Crippen LogP contribution in [0.2, 0.25) is 5.02 Å². The number of hydrogen-bond acceptors (Lipinski definition) is 2. The van der Waals surface area contributed by atoms with E-state index in [1.807, 2.05) is 0 Å². The van der Waals surface area contributed by atoms with Crippen LogP contribution in [-0.2, 0) is 0 Å². The van der Waals surface area contributed by atoms with E-state index in [9.17, 15) is 4.39 Å². The highest BCUT2D eigenvalue weighted by Gasteiger charge is 2.03. The molecule has 64 valence electrons. The lowest BCUT2D eigenvalue weighted by molar-refractivity contribution is 0.628. The van der Waals surface area contributed by atoms with Crippen molar-refractivity contribution < 1.29 is 4.39 Å². The van der Waals surface area contributed by atoms with E-state index in [2.05, 4.69) is 11.8 Å². The Morgan fingerprint density at radius 2 is 2.15 bits per heavy atom. The summed E-state index contributed by atoms with van der Waals surface area (Å²) in [5, 5.41) is 8.27. The molecule has 1 rings (SSSR count). The summed E-state index contributed by atoms with van der Waals surface area (Å²) in [6, 6.07) is 3.82. The minimum atomic E-state index is -0.526. The molecule has 0 heterocycles. The maximum absolute atomic E-state index is 12.7. The van der Waals surface area contributed by atoms with Gasteiger partial charge in [-0.1, -0.05) is 11.6 Å². The van der Waals surface area contributed by atoms with Crippen molar-refractivity contribution in [2.75, 3.05) is 5.73 Å². The molecule has 2 N–H and O–H groups in total. The number of nitrogens with zero attached hydrogens (tertiary/aromatic N) is 1. The highest BCUT2D eigenvalue weighted by atomic mass is 35.5. The molecule has 0 bridgehead atoms. The van der Waals surface area contributed by atoms with Crippen LogP contribution < -0.4 is 5.73 Å². The van der Waals surface area contributed by atoms with Crippen LogP contribution in [0.5, 0.6) is 0 Å². The second-order valence-corrected chi connectivity index (χ2v) is 2.62. The van der Waals surface area contributed by atoms with Crippen molar-refractivity contribution in [2.45, 2.75) is 0 Å². The van der Waals surface area contributed by atoms with E-state index in [0.29, 0.717) is 0 Å². The first-order chi connectivity index (χ1) is 6.15. The average molecular weight is 195 g/mol. The van der Waals surface area contributed by atoms with Gasteiger partial charge >= 0.3 is 0 Å². The lowest BCUT2D eigenvalue weighted by Gasteiger charge is -2.00. The number of hydrogen-bond donors (Lipinski definition) is 1. The van der Waals surface area contributed by atoms with Gasteiger partial charge in [0.2, 0.25) is 0 Å². The predicted molar refractivity (Wildman–Crippen MR) is 48.3 cm³/mol. The van der Waals surface area contributed by atoms with Gasteiger partial charge in [0.15, 0.2) is 6.07 Å². The Bertz CT molecular complexity index is 437. The molecular weight excluding hydrogens is 191 g/mol. The van der Waals surface area contributed by atoms with Crippen LogP contribution in [0.15, 0.2) is 12.1 Å². The molecule has 1 aromatic carbocycles. The molecule has 0 aliphatic heterocycles. The zero-order valence-corrected chi connectivity index (χ0v) is 7.19. The normalized spacial score (nSPS) is 8.38. The molecule has 0 atom stereocenters. The van der Waals surface area contributed by atoms with Gasteiger partial charge in [-0.15, -0.1) is 0 Å². The Kier molecular flexibility index (Phi) is 2.74. The number of anilines is 1. The Labute approximate surface area is 79.7 Å². The molecule has 0 aliphatic rings. The third kappa shape index (κ3) is 2.11. The SMILES string of the molecule is N#CC#Cc1cc(F)cc(Cl)c1N. The van der Waals surface area contributed by atoms with Crippen LogP contribution in [0.3, 0.4) is 0 Å². The van der Waals surface area contributed by atoms with Gasteiger partial charge < -0.3 is 5.73 Å². The van der Waals surface area contributed by atoms with Crippen molar-refractivity contribution in [2.24, 2.45) is 0 Å². The van der Waals surface area contributed by atoms with Crippen LogP contribution in [0.4, 0.5) is 10.1 Å². The van der Waals surface area contributed by atoms with Gasteiger partial charge in [-0.3, -0.25) is 0 Å². The first-order valence-electron chi connectivity index (χ1n) is 3.29. The number of halogens is 2. The summed E-state index contributed by atoms with van der Waals surface area (Å²) in [5.74, 6) is 3.97. The molecule has 0 saturated heterocycles. The molecule has 0 aromatic heterocycles. The van der Waals surface area contributed by atoms with E-state index in [-0.39, 0.29) is 16.3 Å². The summed E-state index contributed by atoms with van der Waals surface area (Å²) < 4.78 is 12.7. The van der Waals surface area contributed by atoms with Crippen molar-refractivity contribution >= 4 is 17.3 Å². The zero-order chi connectivity index (χ0) is 9.84. The van der Waals surface area contributed by atoms with Crippen molar-refractivity contribution in [1.82, 2.24) is 0 Å². The largest absolute Gasteiger partial charge is 0.397 e. The second-order valence-electron chi connectivity index (χ2n) is 2.21. The molecule has 2 nitrogen and oxygen atoms in total. The molecule has 0 aliphatic carbocycles. The van der Waals surface area contributed by atoms with Gasteiger partial charge in [0, 0.05) is 5.92 Å². The van der Waals surface area contributed by atoms with E-state index in [4.69, 9.17) is 22.6 Å². The Balaban J connectivity index is 3.30. The van der Waals surface area contributed by atoms with Crippen LogP contribution in [0.1, 0.15) is 5.56 Å². The standard InChI is InChI=1S/C9H4ClFN2/c10-8-5-7(11)4-6(9(8)13)2-1-3-12/h4-5H,13H2. The molecule has 0 saturated carbocycles. The number of benzene rings is 1. The summed E-state index contributed by atoms with van der Waals surface area (Å²) in [6.45, 7) is 0. The van der Waals surface area contributed by atoms with Gasteiger partial charge in [-0.25, -0.2) is 4.39 Å². The zero-order valence-electron chi connectivity index (χ0n) is 6.44. The third-order valence-corrected chi connectivity index (χ3v) is 1.66. The molecule has 1 aromatic rings. The first-order valence-corrected chi connectivity index (χ1v) is 3.67. The lowest BCUT2D eigenvalue weighted by atomic mass is 10.2. The quantitative estimate of drug-likeness (QED) is 0.507. The van der Waals surface area contributed by atoms with Gasteiger partial charge in [-0.2, -0.15) is 5.26 Å². The topological polar surface area (TPSA) is 49.8 Å². The summed E-state index contributed by atoms with van der Waals surface area (Å²) in [6.07, 6.45) is 0. The fraction of sp³-hybridized carbons (Fsp3) is 0. The van der Waals surface area contributed by atoms with E-state index >= 15 is 0 Å². The van der Waals surface area contributed by atoms with Crippen molar-refractivity contribution in [3.8, 4) is 17.9 Å². The van der Waals surface area contributed by atoms with Crippen molar-refractivity contribution in [3.05, 3.63) is 28.5 Å². The van der Waals surface area contributed by atoms with E-state index < -0.39 is 5.82 Å². The number of nitrogen functional groups attached to an aromatic ring is 1. The molecule has 0 radical (unpaired) electrons. The van der Waals surface area contributed by atoms with Crippen LogP contribution in [0.25, 0.3) is 0 Å². The predicted octanol–water partition coefficient (Wildman–Crippen LogP) is 1.94. The average Bonchev–Trinajstić information content (AvgIpc) is 2.09. The lowest BCUT2D eigenvalue weighted by Crippen LogP contribution is -1.92. The van der Waals surface area contributed by atoms with Crippen LogP contribution in [-0.4, -0.2) is 0 Å². The van der Waals surface area contributed by atoms with Crippen molar-refractivity contribution in [1.29, 1.82) is 5.26 Å². The fourth-order valence-corrected chi connectivity index (χ4v) is 0.990. The van der Waals surface area contributed by atoms with Gasteiger partial charge in [-0.05, 0) is 18.1 Å². The second kappa shape index (κ2) is 3.80. The molecule has 4 heteroatoms. The summed E-state index contributed by atoms with van der Waals surface area (Å²) in [4.78, 5) is 0. The third-order valence-electron chi connectivity index (χ3n) is 1.35.